The monoisotopic (exact) mass is 274 g/mol. The second kappa shape index (κ2) is 5.57. The zero-order chi connectivity index (χ0) is 13.2. The Labute approximate surface area is 109 Å². The van der Waals surface area contributed by atoms with Gasteiger partial charge in [-0.25, -0.2) is 8.42 Å². The molecule has 104 valence electrons. The van der Waals surface area contributed by atoms with E-state index in [1.807, 2.05) is 4.90 Å². The van der Waals surface area contributed by atoms with E-state index >= 15 is 0 Å². The third-order valence-corrected chi connectivity index (χ3v) is 4.38. The maximum Gasteiger partial charge on any atom is 0.238 e. The van der Waals surface area contributed by atoms with Crippen molar-refractivity contribution in [3.63, 3.8) is 0 Å². The number of carbonyl (C=O) groups is 1. The first kappa shape index (κ1) is 13.8. The van der Waals surface area contributed by atoms with Crippen LogP contribution in [0.5, 0.6) is 0 Å². The zero-order valence-electron chi connectivity index (χ0n) is 10.9. The van der Waals surface area contributed by atoms with Crippen LogP contribution in [0.25, 0.3) is 0 Å². The summed E-state index contributed by atoms with van der Waals surface area (Å²) in [6, 6.07) is 0.300. The van der Waals surface area contributed by atoms with Crippen molar-refractivity contribution < 1.29 is 13.2 Å². The lowest BCUT2D eigenvalue weighted by Crippen LogP contribution is -2.42. The largest absolute Gasteiger partial charge is 0.339 e. The van der Waals surface area contributed by atoms with Crippen LogP contribution in [-0.4, -0.2) is 56.9 Å². The van der Waals surface area contributed by atoms with Gasteiger partial charge in [0, 0.05) is 18.8 Å². The molecule has 0 aromatic carbocycles. The van der Waals surface area contributed by atoms with Crippen molar-refractivity contribution in [1.82, 2.24) is 10.2 Å². The number of rotatable bonds is 5. The highest BCUT2D eigenvalue weighted by Gasteiger charge is 2.35. The Morgan fingerprint density at radius 1 is 1.22 bits per heavy atom. The first-order valence-electron chi connectivity index (χ1n) is 6.63. The van der Waals surface area contributed by atoms with E-state index in [1.54, 1.807) is 0 Å². The number of piperidine rings is 1. The van der Waals surface area contributed by atoms with Gasteiger partial charge in [-0.3, -0.25) is 4.79 Å². The van der Waals surface area contributed by atoms with Crippen molar-refractivity contribution in [2.24, 2.45) is 5.92 Å². The Bertz CT molecular complexity index is 398. The average molecular weight is 274 g/mol. The minimum atomic E-state index is -3.22. The fraction of sp³-hybridized carbons (Fsp3) is 0.917. The van der Waals surface area contributed by atoms with Gasteiger partial charge in [0.15, 0.2) is 9.84 Å². The summed E-state index contributed by atoms with van der Waals surface area (Å²) in [5.74, 6) is -0.0250. The number of hydrogen-bond acceptors (Lipinski definition) is 4. The number of sulfone groups is 1. The van der Waals surface area contributed by atoms with Gasteiger partial charge in [-0.1, -0.05) is 0 Å². The maximum absolute atomic E-state index is 12.0. The molecule has 0 aromatic rings. The predicted molar refractivity (Wildman–Crippen MR) is 70.0 cm³/mol. The SMILES string of the molecule is CS(=O)(=O)CC(=O)N(CC1CCNCC1)C1CC1. The smallest absolute Gasteiger partial charge is 0.238 e. The van der Waals surface area contributed by atoms with E-state index in [4.69, 9.17) is 0 Å². The normalized spacial score (nSPS) is 21.8. The van der Waals surface area contributed by atoms with Crippen LogP contribution >= 0.6 is 0 Å². The Morgan fingerprint density at radius 2 is 1.83 bits per heavy atom. The summed E-state index contributed by atoms with van der Waals surface area (Å²) >= 11 is 0. The van der Waals surface area contributed by atoms with E-state index in [2.05, 4.69) is 5.32 Å². The van der Waals surface area contributed by atoms with E-state index in [-0.39, 0.29) is 11.7 Å². The first-order chi connectivity index (χ1) is 8.46. The molecular formula is C12H22N2O3S. The van der Waals surface area contributed by atoms with Crippen molar-refractivity contribution in [1.29, 1.82) is 0 Å². The van der Waals surface area contributed by atoms with Gasteiger partial charge in [-0.2, -0.15) is 0 Å². The molecule has 1 N–H and O–H groups in total. The number of nitrogens with one attached hydrogen (secondary N) is 1. The summed E-state index contributed by atoms with van der Waals surface area (Å²) in [5, 5.41) is 3.30. The highest BCUT2D eigenvalue weighted by atomic mass is 32.2. The van der Waals surface area contributed by atoms with E-state index in [0.29, 0.717) is 12.0 Å². The average Bonchev–Trinajstić information content (AvgIpc) is 3.08. The van der Waals surface area contributed by atoms with Crippen LogP contribution in [0.3, 0.4) is 0 Å². The Hall–Kier alpha value is -0.620. The summed E-state index contributed by atoms with van der Waals surface area (Å²) in [6.45, 7) is 2.74. The van der Waals surface area contributed by atoms with Gasteiger partial charge >= 0.3 is 0 Å². The van der Waals surface area contributed by atoms with E-state index < -0.39 is 9.84 Å². The van der Waals surface area contributed by atoms with Gasteiger partial charge in [0.2, 0.25) is 5.91 Å². The van der Waals surface area contributed by atoms with E-state index in [1.165, 1.54) is 0 Å². The molecule has 1 saturated heterocycles. The molecule has 2 rings (SSSR count). The second-order valence-electron chi connectivity index (χ2n) is 5.54. The van der Waals surface area contributed by atoms with Gasteiger partial charge < -0.3 is 10.2 Å². The highest BCUT2D eigenvalue weighted by Crippen LogP contribution is 2.29. The summed E-state index contributed by atoms with van der Waals surface area (Å²) in [6.07, 6.45) is 5.34. The Balaban J connectivity index is 1.92. The fourth-order valence-electron chi connectivity index (χ4n) is 2.49. The third-order valence-electron chi connectivity index (χ3n) is 3.61. The molecule has 5 nitrogen and oxygen atoms in total. The van der Waals surface area contributed by atoms with Crippen molar-refractivity contribution >= 4 is 15.7 Å². The predicted octanol–water partition coefficient (Wildman–Crippen LogP) is 0.0216. The van der Waals surface area contributed by atoms with Crippen molar-refractivity contribution in [2.45, 2.75) is 31.7 Å². The summed E-state index contributed by atoms with van der Waals surface area (Å²) in [4.78, 5) is 13.9. The molecule has 18 heavy (non-hydrogen) atoms. The standard InChI is InChI=1S/C12H22N2O3S/c1-18(16,17)9-12(15)14(11-2-3-11)8-10-4-6-13-7-5-10/h10-11,13H,2-9H2,1H3. The van der Waals surface area contributed by atoms with Crippen LogP contribution in [0.15, 0.2) is 0 Å². The lowest BCUT2D eigenvalue weighted by molar-refractivity contribution is -0.129. The molecule has 1 amide bonds. The molecular weight excluding hydrogens is 252 g/mol. The molecule has 0 bridgehead atoms. The van der Waals surface area contributed by atoms with Crippen molar-refractivity contribution in [2.75, 3.05) is 31.6 Å². The van der Waals surface area contributed by atoms with Crippen LogP contribution in [0, 0.1) is 5.92 Å². The minimum absolute atomic E-state index is 0.210. The Kier molecular flexibility index (Phi) is 4.27. The highest BCUT2D eigenvalue weighted by molar-refractivity contribution is 7.91. The summed E-state index contributed by atoms with van der Waals surface area (Å²) < 4.78 is 22.4. The van der Waals surface area contributed by atoms with Gasteiger partial charge in [-0.05, 0) is 44.7 Å². The van der Waals surface area contributed by atoms with Crippen LogP contribution in [0.4, 0.5) is 0 Å². The lowest BCUT2D eigenvalue weighted by Gasteiger charge is -2.30. The summed E-state index contributed by atoms with van der Waals surface area (Å²) in [5.41, 5.74) is 0. The first-order valence-corrected chi connectivity index (χ1v) is 8.69. The molecule has 1 aliphatic carbocycles. The number of amides is 1. The van der Waals surface area contributed by atoms with E-state index in [9.17, 15) is 13.2 Å². The number of hydrogen-bond donors (Lipinski definition) is 1. The van der Waals surface area contributed by atoms with Crippen LogP contribution < -0.4 is 5.32 Å². The van der Waals surface area contributed by atoms with Gasteiger partial charge in [0.1, 0.15) is 5.75 Å². The molecule has 0 radical (unpaired) electrons. The minimum Gasteiger partial charge on any atom is -0.339 e. The molecule has 1 saturated carbocycles. The van der Waals surface area contributed by atoms with Gasteiger partial charge in [-0.15, -0.1) is 0 Å². The van der Waals surface area contributed by atoms with Crippen LogP contribution in [0.2, 0.25) is 0 Å². The second-order valence-corrected chi connectivity index (χ2v) is 7.68. The van der Waals surface area contributed by atoms with Crippen LogP contribution in [-0.2, 0) is 14.6 Å². The van der Waals surface area contributed by atoms with E-state index in [0.717, 1.165) is 51.6 Å². The third kappa shape index (κ3) is 4.24. The molecule has 2 aliphatic rings. The molecule has 0 unspecified atom stereocenters. The molecule has 0 atom stereocenters. The van der Waals surface area contributed by atoms with Gasteiger partial charge in [0.25, 0.3) is 0 Å². The lowest BCUT2D eigenvalue weighted by atomic mass is 9.97. The van der Waals surface area contributed by atoms with Crippen LogP contribution in [0.1, 0.15) is 25.7 Å². The molecule has 1 aliphatic heterocycles. The summed E-state index contributed by atoms with van der Waals surface area (Å²) in [7, 11) is -3.22. The molecule has 2 fully saturated rings. The number of carbonyl (C=O) groups excluding carboxylic acids is 1. The Morgan fingerprint density at radius 3 is 2.33 bits per heavy atom. The van der Waals surface area contributed by atoms with Crippen molar-refractivity contribution in [3.05, 3.63) is 0 Å². The van der Waals surface area contributed by atoms with Gasteiger partial charge in [0.05, 0.1) is 0 Å². The number of nitrogens with zero attached hydrogens (tertiary/aromatic N) is 1. The molecule has 0 aromatic heterocycles. The molecule has 6 heteroatoms. The molecule has 0 spiro atoms. The zero-order valence-corrected chi connectivity index (χ0v) is 11.7. The maximum atomic E-state index is 12.0. The molecule has 1 heterocycles. The fourth-order valence-corrected chi connectivity index (χ4v) is 3.10. The van der Waals surface area contributed by atoms with Crippen molar-refractivity contribution in [3.8, 4) is 0 Å². The topological polar surface area (TPSA) is 66.5 Å². The quantitative estimate of drug-likeness (QED) is 0.767.